The molecule has 0 N–H and O–H groups in total. The summed E-state index contributed by atoms with van der Waals surface area (Å²) in [5, 5.41) is 0. The summed E-state index contributed by atoms with van der Waals surface area (Å²) in [7, 11) is 1.73. The second kappa shape index (κ2) is 6.17. The zero-order chi connectivity index (χ0) is 15.6. The van der Waals surface area contributed by atoms with Gasteiger partial charge in [0.05, 0.1) is 19.6 Å². The maximum atomic E-state index is 5.40. The molecule has 3 heteroatoms. The summed E-state index contributed by atoms with van der Waals surface area (Å²) >= 11 is 0. The smallest absolute Gasteiger partial charge is 0.119 e. The molecule has 0 aliphatic carbocycles. The standard InChI is InChI=1S/C19H25NO2/c1-15-12-20(13-16-7-10-22-14-16)9-8-19(15,2)17-5-4-6-18(11-17)21-3/h4-7,10-11,14-15H,8-9,12-13H2,1-3H3/t15-,19+/m0/s1. The van der Waals surface area contributed by atoms with Crippen molar-refractivity contribution in [3.63, 3.8) is 0 Å². The van der Waals surface area contributed by atoms with Crippen molar-refractivity contribution >= 4 is 0 Å². The number of likely N-dealkylation sites (tertiary alicyclic amines) is 1. The molecule has 0 spiro atoms. The van der Waals surface area contributed by atoms with Crippen molar-refractivity contribution in [3.8, 4) is 5.75 Å². The second-order valence-corrected chi connectivity index (χ2v) is 6.67. The van der Waals surface area contributed by atoms with Gasteiger partial charge >= 0.3 is 0 Å². The van der Waals surface area contributed by atoms with Crippen LogP contribution in [0.5, 0.6) is 5.75 Å². The second-order valence-electron chi connectivity index (χ2n) is 6.67. The third-order valence-corrected chi connectivity index (χ3v) is 5.28. The lowest BCUT2D eigenvalue weighted by atomic mass is 9.68. The molecule has 118 valence electrons. The van der Waals surface area contributed by atoms with E-state index in [9.17, 15) is 0 Å². The minimum Gasteiger partial charge on any atom is -0.497 e. The molecule has 3 rings (SSSR count). The maximum absolute atomic E-state index is 5.40. The first-order valence-electron chi connectivity index (χ1n) is 8.00. The summed E-state index contributed by atoms with van der Waals surface area (Å²) in [6, 6.07) is 10.6. The molecule has 1 aromatic carbocycles. The number of hydrogen-bond donors (Lipinski definition) is 0. The van der Waals surface area contributed by atoms with E-state index in [1.807, 2.05) is 12.3 Å². The maximum Gasteiger partial charge on any atom is 0.119 e. The Morgan fingerprint density at radius 2 is 2.23 bits per heavy atom. The minimum atomic E-state index is 0.210. The Bertz CT molecular complexity index is 608. The molecule has 1 aromatic heterocycles. The van der Waals surface area contributed by atoms with Crippen LogP contribution < -0.4 is 4.74 Å². The average molecular weight is 299 g/mol. The molecule has 1 fully saturated rings. The van der Waals surface area contributed by atoms with Crippen molar-refractivity contribution in [2.45, 2.75) is 32.2 Å². The van der Waals surface area contributed by atoms with E-state index in [4.69, 9.17) is 9.15 Å². The molecule has 2 heterocycles. The largest absolute Gasteiger partial charge is 0.497 e. The predicted molar refractivity (Wildman–Crippen MR) is 88.1 cm³/mol. The Morgan fingerprint density at radius 3 is 2.91 bits per heavy atom. The lowest BCUT2D eigenvalue weighted by molar-refractivity contribution is 0.105. The first-order valence-corrected chi connectivity index (χ1v) is 8.00. The van der Waals surface area contributed by atoms with E-state index in [1.54, 1.807) is 13.4 Å². The molecule has 0 amide bonds. The number of furan rings is 1. The van der Waals surface area contributed by atoms with E-state index in [2.05, 4.69) is 43.0 Å². The lowest BCUT2D eigenvalue weighted by Crippen LogP contribution is -2.46. The van der Waals surface area contributed by atoms with Gasteiger partial charge in [-0.05, 0) is 48.1 Å². The summed E-state index contributed by atoms with van der Waals surface area (Å²) in [6.45, 7) is 7.96. The van der Waals surface area contributed by atoms with Crippen LogP contribution in [-0.4, -0.2) is 25.1 Å². The van der Waals surface area contributed by atoms with Crippen molar-refractivity contribution in [2.75, 3.05) is 20.2 Å². The van der Waals surface area contributed by atoms with E-state index < -0.39 is 0 Å². The lowest BCUT2D eigenvalue weighted by Gasteiger charge is -2.45. The molecule has 0 saturated carbocycles. The molecule has 1 saturated heterocycles. The van der Waals surface area contributed by atoms with E-state index in [-0.39, 0.29) is 5.41 Å². The minimum absolute atomic E-state index is 0.210. The third kappa shape index (κ3) is 2.91. The molecule has 1 aliphatic heterocycles. The van der Waals surface area contributed by atoms with Gasteiger partial charge in [0, 0.05) is 18.7 Å². The summed E-state index contributed by atoms with van der Waals surface area (Å²) < 4.78 is 10.6. The fourth-order valence-electron chi connectivity index (χ4n) is 3.51. The predicted octanol–water partition coefficient (Wildman–Crippen LogP) is 4.09. The van der Waals surface area contributed by atoms with Crippen molar-refractivity contribution in [1.29, 1.82) is 0 Å². The first-order chi connectivity index (χ1) is 10.6. The molecule has 0 radical (unpaired) electrons. The zero-order valence-corrected chi connectivity index (χ0v) is 13.7. The Labute approximate surface area is 132 Å². The van der Waals surface area contributed by atoms with Crippen LogP contribution in [0.3, 0.4) is 0 Å². The highest BCUT2D eigenvalue weighted by molar-refractivity contribution is 5.34. The van der Waals surface area contributed by atoms with Crippen molar-refractivity contribution in [3.05, 3.63) is 54.0 Å². The van der Waals surface area contributed by atoms with E-state index >= 15 is 0 Å². The Balaban J connectivity index is 1.73. The first kappa shape index (κ1) is 15.2. The van der Waals surface area contributed by atoms with Crippen LogP contribution >= 0.6 is 0 Å². The van der Waals surface area contributed by atoms with Crippen molar-refractivity contribution in [2.24, 2.45) is 5.92 Å². The molecular weight excluding hydrogens is 274 g/mol. The van der Waals surface area contributed by atoms with Gasteiger partial charge in [-0.1, -0.05) is 26.0 Å². The molecule has 3 nitrogen and oxygen atoms in total. The Morgan fingerprint density at radius 1 is 1.36 bits per heavy atom. The average Bonchev–Trinajstić information content (AvgIpc) is 3.04. The summed E-state index contributed by atoms with van der Waals surface area (Å²) in [4.78, 5) is 2.53. The number of hydrogen-bond acceptors (Lipinski definition) is 3. The molecule has 0 bridgehead atoms. The van der Waals surface area contributed by atoms with Crippen LogP contribution in [0, 0.1) is 5.92 Å². The van der Waals surface area contributed by atoms with Gasteiger partial charge in [-0.15, -0.1) is 0 Å². The quantitative estimate of drug-likeness (QED) is 0.850. The monoisotopic (exact) mass is 299 g/mol. The van der Waals surface area contributed by atoms with Crippen LogP contribution in [0.15, 0.2) is 47.3 Å². The number of nitrogens with zero attached hydrogens (tertiary/aromatic N) is 1. The van der Waals surface area contributed by atoms with Gasteiger partial charge in [0.15, 0.2) is 0 Å². The number of rotatable bonds is 4. The van der Waals surface area contributed by atoms with Crippen molar-refractivity contribution < 1.29 is 9.15 Å². The van der Waals surface area contributed by atoms with Crippen LogP contribution in [0.25, 0.3) is 0 Å². The summed E-state index contributed by atoms with van der Waals surface area (Å²) in [6.07, 6.45) is 4.77. The van der Waals surface area contributed by atoms with Crippen LogP contribution in [0.2, 0.25) is 0 Å². The normalized spacial score (nSPS) is 26.0. The van der Waals surface area contributed by atoms with Gasteiger partial charge in [0.2, 0.25) is 0 Å². The van der Waals surface area contributed by atoms with Gasteiger partial charge in [0.1, 0.15) is 5.75 Å². The number of ether oxygens (including phenoxy) is 1. The third-order valence-electron chi connectivity index (χ3n) is 5.28. The number of methoxy groups -OCH3 is 1. The fourth-order valence-corrected chi connectivity index (χ4v) is 3.51. The summed E-state index contributed by atoms with van der Waals surface area (Å²) in [5.41, 5.74) is 2.86. The molecular formula is C19H25NO2. The Hall–Kier alpha value is -1.74. The summed E-state index contributed by atoms with van der Waals surface area (Å²) in [5.74, 6) is 1.55. The van der Waals surface area contributed by atoms with Gasteiger partial charge < -0.3 is 9.15 Å². The number of piperidine rings is 1. The SMILES string of the molecule is COc1cccc([C@]2(C)CCN(Cc3ccoc3)C[C@@H]2C)c1. The molecule has 2 aromatic rings. The van der Waals surface area contributed by atoms with Gasteiger partial charge in [-0.2, -0.15) is 0 Å². The van der Waals surface area contributed by atoms with Crippen molar-refractivity contribution in [1.82, 2.24) is 4.90 Å². The molecule has 2 atom stereocenters. The highest BCUT2D eigenvalue weighted by Crippen LogP contribution is 2.40. The highest BCUT2D eigenvalue weighted by Gasteiger charge is 2.38. The topological polar surface area (TPSA) is 25.6 Å². The van der Waals surface area contributed by atoms with E-state index in [0.29, 0.717) is 5.92 Å². The zero-order valence-electron chi connectivity index (χ0n) is 13.7. The van der Waals surface area contributed by atoms with Crippen LogP contribution in [0.1, 0.15) is 31.4 Å². The molecule has 0 unspecified atom stereocenters. The van der Waals surface area contributed by atoms with Gasteiger partial charge in [-0.3, -0.25) is 4.90 Å². The van der Waals surface area contributed by atoms with E-state index in [1.165, 1.54) is 17.5 Å². The Kier molecular flexibility index (Phi) is 4.25. The van der Waals surface area contributed by atoms with Crippen LogP contribution in [-0.2, 0) is 12.0 Å². The number of benzene rings is 1. The highest BCUT2D eigenvalue weighted by atomic mass is 16.5. The van der Waals surface area contributed by atoms with Gasteiger partial charge in [-0.25, -0.2) is 0 Å². The van der Waals surface area contributed by atoms with Gasteiger partial charge in [0.25, 0.3) is 0 Å². The van der Waals surface area contributed by atoms with Crippen LogP contribution in [0.4, 0.5) is 0 Å². The molecule has 22 heavy (non-hydrogen) atoms. The molecule has 1 aliphatic rings. The fraction of sp³-hybridized carbons (Fsp3) is 0.474. The van der Waals surface area contributed by atoms with E-state index in [0.717, 1.165) is 25.4 Å².